The summed E-state index contributed by atoms with van der Waals surface area (Å²) in [4.78, 5) is 9.93. The van der Waals surface area contributed by atoms with E-state index >= 15 is 0 Å². The maximum atomic E-state index is 9.43. The summed E-state index contributed by atoms with van der Waals surface area (Å²) >= 11 is 3.26. The van der Waals surface area contributed by atoms with Crippen LogP contribution in [0.25, 0.3) is 10.7 Å². The molecule has 0 saturated heterocycles. The Hall–Kier alpha value is -1.85. The van der Waals surface area contributed by atoms with Gasteiger partial charge in [0.25, 0.3) is 0 Å². The number of thiazole rings is 1. The molecule has 0 bridgehead atoms. The van der Waals surface area contributed by atoms with Gasteiger partial charge in [0.15, 0.2) is 0 Å². The van der Waals surface area contributed by atoms with E-state index in [4.69, 9.17) is 0 Å². The topological polar surface area (TPSA) is 46.0 Å². The second-order valence-electron chi connectivity index (χ2n) is 4.15. The van der Waals surface area contributed by atoms with Crippen LogP contribution in [0.15, 0.2) is 58.9 Å². The van der Waals surface area contributed by atoms with Crippen molar-refractivity contribution in [3.05, 3.63) is 59.7 Å². The largest absolute Gasteiger partial charge is 0.508 e. The third-order valence-corrected chi connectivity index (χ3v) is 4.58. The Balaban J connectivity index is 1.69. The Morgan fingerprint density at radius 2 is 2.10 bits per heavy atom. The third kappa shape index (κ3) is 3.18. The number of hydrogen-bond donors (Lipinski definition) is 1. The van der Waals surface area contributed by atoms with Crippen LogP contribution in [0.2, 0.25) is 0 Å². The van der Waals surface area contributed by atoms with Gasteiger partial charge < -0.3 is 5.11 Å². The first-order valence-corrected chi connectivity index (χ1v) is 7.95. The van der Waals surface area contributed by atoms with Gasteiger partial charge in [-0.1, -0.05) is 12.1 Å². The molecule has 0 aliphatic rings. The highest BCUT2D eigenvalue weighted by molar-refractivity contribution is 7.98. The minimum atomic E-state index is 0.294. The molecule has 3 aromatic rings. The van der Waals surface area contributed by atoms with Gasteiger partial charge in [0, 0.05) is 22.2 Å². The number of phenolic OH excluding ortho intramolecular Hbond substituents is 1. The molecule has 0 spiro atoms. The summed E-state index contributed by atoms with van der Waals surface area (Å²) in [6, 6.07) is 13.1. The van der Waals surface area contributed by atoms with Crippen LogP contribution in [-0.2, 0) is 5.75 Å². The molecule has 2 heterocycles. The zero-order chi connectivity index (χ0) is 13.8. The summed E-state index contributed by atoms with van der Waals surface area (Å²) in [5.74, 6) is 1.08. The molecule has 100 valence electrons. The molecule has 0 saturated carbocycles. The molecule has 0 unspecified atom stereocenters. The summed E-state index contributed by atoms with van der Waals surface area (Å²) in [6.07, 6.45) is 1.78. The minimum absolute atomic E-state index is 0.294. The Kier molecular flexibility index (Phi) is 3.99. The lowest BCUT2D eigenvalue weighted by atomic mass is 10.3. The molecule has 2 aromatic heterocycles. The lowest BCUT2D eigenvalue weighted by Crippen LogP contribution is -1.83. The monoisotopic (exact) mass is 300 g/mol. The fraction of sp³-hybridized carbons (Fsp3) is 0.0667. The lowest BCUT2D eigenvalue weighted by Gasteiger charge is -1.99. The highest BCUT2D eigenvalue weighted by Gasteiger charge is 2.06. The molecule has 0 atom stereocenters. The summed E-state index contributed by atoms with van der Waals surface area (Å²) in [6.45, 7) is 0. The molecule has 0 amide bonds. The minimum Gasteiger partial charge on any atom is -0.508 e. The van der Waals surface area contributed by atoms with Gasteiger partial charge in [-0.3, -0.25) is 4.98 Å². The first kappa shape index (κ1) is 13.1. The first-order valence-electron chi connectivity index (χ1n) is 6.09. The summed E-state index contributed by atoms with van der Waals surface area (Å²) < 4.78 is 0. The van der Waals surface area contributed by atoms with Crippen LogP contribution in [0, 0.1) is 0 Å². The molecule has 5 heteroatoms. The number of thioether (sulfide) groups is 1. The van der Waals surface area contributed by atoms with E-state index in [1.165, 1.54) is 0 Å². The molecular formula is C15H12N2OS2. The van der Waals surface area contributed by atoms with E-state index in [9.17, 15) is 5.11 Å². The fourth-order valence-corrected chi connectivity index (χ4v) is 3.45. The van der Waals surface area contributed by atoms with Gasteiger partial charge >= 0.3 is 0 Å². The van der Waals surface area contributed by atoms with Crippen molar-refractivity contribution in [3.63, 3.8) is 0 Å². The van der Waals surface area contributed by atoms with Gasteiger partial charge in [-0.05, 0) is 30.3 Å². The zero-order valence-electron chi connectivity index (χ0n) is 10.6. The smallest absolute Gasteiger partial charge is 0.142 e. The average Bonchev–Trinajstić information content (AvgIpc) is 2.95. The van der Waals surface area contributed by atoms with Crippen LogP contribution in [0.4, 0.5) is 0 Å². The van der Waals surface area contributed by atoms with Crippen LogP contribution in [0.3, 0.4) is 0 Å². The van der Waals surface area contributed by atoms with Gasteiger partial charge in [0.2, 0.25) is 0 Å². The molecule has 0 radical (unpaired) electrons. The SMILES string of the molecule is Oc1cccc(SCc2csc(-c3ccccn3)n2)c1. The van der Waals surface area contributed by atoms with E-state index < -0.39 is 0 Å². The van der Waals surface area contributed by atoms with Crippen LogP contribution >= 0.6 is 23.1 Å². The molecule has 1 aromatic carbocycles. The van der Waals surface area contributed by atoms with Crippen LogP contribution < -0.4 is 0 Å². The molecule has 20 heavy (non-hydrogen) atoms. The van der Waals surface area contributed by atoms with Crippen LogP contribution in [0.1, 0.15) is 5.69 Å². The number of phenols is 1. The second kappa shape index (κ2) is 6.07. The number of rotatable bonds is 4. The van der Waals surface area contributed by atoms with Gasteiger partial charge in [0.1, 0.15) is 10.8 Å². The average molecular weight is 300 g/mol. The lowest BCUT2D eigenvalue weighted by molar-refractivity contribution is 0.474. The predicted octanol–water partition coefficient (Wildman–Crippen LogP) is 4.20. The standard InChI is InChI=1S/C15H12N2OS2/c18-12-4-3-5-13(8-12)19-9-11-10-20-15(17-11)14-6-1-2-7-16-14/h1-8,10,18H,9H2. The van der Waals surface area contributed by atoms with Gasteiger partial charge in [0.05, 0.1) is 11.4 Å². The number of aromatic hydroxyl groups is 1. The van der Waals surface area contributed by atoms with Crippen molar-refractivity contribution >= 4 is 23.1 Å². The predicted molar refractivity (Wildman–Crippen MR) is 83.0 cm³/mol. The van der Waals surface area contributed by atoms with Gasteiger partial charge in [-0.25, -0.2) is 4.98 Å². The van der Waals surface area contributed by atoms with E-state index in [1.807, 2.05) is 30.3 Å². The van der Waals surface area contributed by atoms with Gasteiger partial charge in [-0.15, -0.1) is 23.1 Å². The molecule has 0 aliphatic carbocycles. The highest BCUT2D eigenvalue weighted by atomic mass is 32.2. The Morgan fingerprint density at radius 1 is 1.15 bits per heavy atom. The Labute approximate surface area is 125 Å². The second-order valence-corrected chi connectivity index (χ2v) is 6.05. The van der Waals surface area contributed by atoms with E-state index in [0.717, 1.165) is 27.0 Å². The van der Waals surface area contributed by atoms with Crippen molar-refractivity contribution in [2.45, 2.75) is 10.6 Å². The van der Waals surface area contributed by atoms with Crippen molar-refractivity contribution in [1.29, 1.82) is 0 Å². The maximum Gasteiger partial charge on any atom is 0.142 e. The number of aromatic nitrogens is 2. The molecule has 3 rings (SSSR count). The third-order valence-electron chi connectivity index (χ3n) is 2.64. The molecule has 0 fully saturated rings. The zero-order valence-corrected chi connectivity index (χ0v) is 12.2. The van der Waals surface area contributed by atoms with Crippen LogP contribution in [0.5, 0.6) is 5.75 Å². The normalized spacial score (nSPS) is 10.6. The maximum absolute atomic E-state index is 9.43. The number of pyridine rings is 1. The van der Waals surface area contributed by atoms with E-state index in [-0.39, 0.29) is 0 Å². The van der Waals surface area contributed by atoms with Crippen molar-refractivity contribution in [1.82, 2.24) is 9.97 Å². The van der Waals surface area contributed by atoms with Gasteiger partial charge in [-0.2, -0.15) is 0 Å². The Bertz CT molecular complexity index is 698. The summed E-state index contributed by atoms with van der Waals surface area (Å²) in [7, 11) is 0. The molecule has 1 N–H and O–H groups in total. The van der Waals surface area contributed by atoms with Crippen molar-refractivity contribution in [2.24, 2.45) is 0 Å². The van der Waals surface area contributed by atoms with E-state index in [2.05, 4.69) is 15.3 Å². The van der Waals surface area contributed by atoms with Crippen molar-refractivity contribution in [2.75, 3.05) is 0 Å². The number of hydrogen-bond acceptors (Lipinski definition) is 5. The molecule has 3 nitrogen and oxygen atoms in total. The van der Waals surface area contributed by atoms with Crippen molar-refractivity contribution < 1.29 is 5.11 Å². The van der Waals surface area contributed by atoms with E-state index in [0.29, 0.717) is 5.75 Å². The fourth-order valence-electron chi connectivity index (χ4n) is 1.71. The molecule has 0 aliphatic heterocycles. The van der Waals surface area contributed by atoms with Crippen molar-refractivity contribution in [3.8, 4) is 16.5 Å². The molecular weight excluding hydrogens is 288 g/mol. The first-order chi connectivity index (χ1) is 9.81. The summed E-state index contributed by atoms with van der Waals surface area (Å²) in [5.41, 5.74) is 1.94. The highest BCUT2D eigenvalue weighted by Crippen LogP contribution is 2.28. The quantitative estimate of drug-likeness (QED) is 0.733. The number of benzene rings is 1. The Morgan fingerprint density at radius 3 is 2.90 bits per heavy atom. The summed E-state index contributed by atoms with van der Waals surface area (Å²) in [5, 5.41) is 12.4. The van der Waals surface area contributed by atoms with Crippen LogP contribution in [-0.4, -0.2) is 15.1 Å². The van der Waals surface area contributed by atoms with E-state index in [1.54, 1.807) is 41.4 Å². The number of nitrogens with zero attached hydrogens (tertiary/aromatic N) is 2.